The van der Waals surface area contributed by atoms with Crippen LogP contribution in [-0.4, -0.2) is 29.2 Å². The molecule has 1 aromatic rings. The molecule has 0 atom stereocenters. The van der Waals surface area contributed by atoms with Gasteiger partial charge >= 0.3 is 0 Å². The van der Waals surface area contributed by atoms with E-state index < -0.39 is 11.6 Å². The Morgan fingerprint density at radius 1 is 1.25 bits per heavy atom. The highest BCUT2D eigenvalue weighted by Crippen LogP contribution is 2.28. The number of aliphatic hydroxyl groups is 1. The van der Waals surface area contributed by atoms with E-state index in [-0.39, 0.29) is 18.7 Å². The molecule has 0 aliphatic heterocycles. The lowest BCUT2D eigenvalue weighted by atomic mass is 10.2. The number of rotatable bonds is 5. The first kappa shape index (κ1) is 11.5. The Morgan fingerprint density at radius 3 is 2.38 bits per heavy atom. The van der Waals surface area contributed by atoms with Crippen molar-refractivity contribution in [3.63, 3.8) is 0 Å². The van der Waals surface area contributed by atoms with Crippen LogP contribution >= 0.6 is 0 Å². The van der Waals surface area contributed by atoms with Gasteiger partial charge in [0.25, 0.3) is 0 Å². The Bertz CT molecular complexity index is 346. The molecular weight excluding hydrogens is 212 g/mol. The Hall–Kier alpha value is -1.00. The van der Waals surface area contributed by atoms with Crippen molar-refractivity contribution < 1.29 is 13.9 Å². The van der Waals surface area contributed by atoms with E-state index in [4.69, 9.17) is 5.11 Å². The summed E-state index contributed by atoms with van der Waals surface area (Å²) in [7, 11) is 0. The van der Waals surface area contributed by atoms with Crippen LogP contribution in [0.2, 0.25) is 0 Å². The van der Waals surface area contributed by atoms with Gasteiger partial charge in [0.05, 0.1) is 6.61 Å². The highest BCUT2D eigenvalue weighted by atomic mass is 19.1. The smallest absolute Gasteiger partial charge is 0.130 e. The van der Waals surface area contributed by atoms with Gasteiger partial charge in [0.15, 0.2) is 0 Å². The van der Waals surface area contributed by atoms with Gasteiger partial charge in [-0.15, -0.1) is 0 Å². The molecule has 1 fully saturated rings. The van der Waals surface area contributed by atoms with E-state index in [1.165, 1.54) is 18.2 Å². The average molecular weight is 227 g/mol. The van der Waals surface area contributed by atoms with E-state index in [0.717, 1.165) is 12.8 Å². The van der Waals surface area contributed by atoms with E-state index in [9.17, 15) is 8.78 Å². The van der Waals surface area contributed by atoms with Crippen molar-refractivity contribution in [1.82, 2.24) is 4.90 Å². The summed E-state index contributed by atoms with van der Waals surface area (Å²) in [6, 6.07) is 4.28. The Kier molecular flexibility index (Phi) is 3.51. The van der Waals surface area contributed by atoms with E-state index in [1.807, 2.05) is 4.90 Å². The van der Waals surface area contributed by atoms with Crippen LogP contribution in [0.5, 0.6) is 0 Å². The summed E-state index contributed by atoms with van der Waals surface area (Å²) in [4.78, 5) is 1.93. The monoisotopic (exact) mass is 227 g/mol. The third kappa shape index (κ3) is 2.57. The third-order valence-corrected chi connectivity index (χ3v) is 2.87. The maximum atomic E-state index is 13.4. The van der Waals surface area contributed by atoms with Gasteiger partial charge in [-0.05, 0) is 25.0 Å². The lowest BCUT2D eigenvalue weighted by Crippen LogP contribution is -2.29. The van der Waals surface area contributed by atoms with Crippen molar-refractivity contribution in [1.29, 1.82) is 0 Å². The molecule has 0 heterocycles. The second-order valence-corrected chi connectivity index (χ2v) is 4.13. The van der Waals surface area contributed by atoms with Gasteiger partial charge in [-0.2, -0.15) is 0 Å². The Balaban J connectivity index is 2.11. The maximum absolute atomic E-state index is 13.4. The predicted octanol–water partition coefficient (Wildman–Crippen LogP) is 1.92. The number of hydrogen-bond acceptors (Lipinski definition) is 2. The van der Waals surface area contributed by atoms with Crippen molar-refractivity contribution >= 4 is 0 Å². The molecule has 0 unspecified atom stereocenters. The molecule has 0 spiro atoms. The summed E-state index contributed by atoms with van der Waals surface area (Å²) < 4.78 is 26.8. The summed E-state index contributed by atoms with van der Waals surface area (Å²) in [5, 5.41) is 8.90. The molecule has 16 heavy (non-hydrogen) atoms. The fourth-order valence-corrected chi connectivity index (χ4v) is 1.85. The van der Waals surface area contributed by atoms with Gasteiger partial charge in [-0.1, -0.05) is 6.07 Å². The topological polar surface area (TPSA) is 23.5 Å². The van der Waals surface area contributed by atoms with Crippen LogP contribution in [-0.2, 0) is 6.54 Å². The highest BCUT2D eigenvalue weighted by molar-refractivity contribution is 5.19. The normalized spacial score (nSPS) is 15.8. The summed E-state index contributed by atoms with van der Waals surface area (Å²) in [5.41, 5.74) is 0.0999. The molecular formula is C12H15F2NO. The van der Waals surface area contributed by atoms with Crippen LogP contribution in [0.1, 0.15) is 18.4 Å². The summed E-state index contributed by atoms with van der Waals surface area (Å²) >= 11 is 0. The summed E-state index contributed by atoms with van der Waals surface area (Å²) in [6.45, 7) is 0.731. The van der Waals surface area contributed by atoms with Crippen molar-refractivity contribution in [3.8, 4) is 0 Å². The molecule has 0 aromatic heterocycles. The minimum Gasteiger partial charge on any atom is -0.395 e. The minimum absolute atomic E-state index is 0.0204. The largest absolute Gasteiger partial charge is 0.395 e. The second kappa shape index (κ2) is 4.89. The zero-order chi connectivity index (χ0) is 11.5. The van der Waals surface area contributed by atoms with E-state index in [0.29, 0.717) is 12.6 Å². The molecule has 1 N–H and O–H groups in total. The minimum atomic E-state index is -0.511. The molecule has 0 amide bonds. The molecule has 1 aromatic carbocycles. The molecule has 0 radical (unpaired) electrons. The quantitative estimate of drug-likeness (QED) is 0.830. The van der Waals surface area contributed by atoms with Crippen LogP contribution in [0.4, 0.5) is 8.78 Å². The summed E-state index contributed by atoms with van der Waals surface area (Å²) in [5.74, 6) is -1.02. The molecule has 4 heteroatoms. The van der Waals surface area contributed by atoms with Crippen LogP contribution in [0.25, 0.3) is 0 Å². The van der Waals surface area contributed by atoms with Crippen LogP contribution < -0.4 is 0 Å². The molecule has 2 nitrogen and oxygen atoms in total. The second-order valence-electron chi connectivity index (χ2n) is 4.13. The molecule has 1 aliphatic rings. The molecule has 2 rings (SSSR count). The van der Waals surface area contributed by atoms with Crippen molar-refractivity contribution in [2.45, 2.75) is 25.4 Å². The SMILES string of the molecule is OCCN(Cc1c(F)cccc1F)C1CC1. The highest BCUT2D eigenvalue weighted by Gasteiger charge is 2.29. The third-order valence-electron chi connectivity index (χ3n) is 2.87. The van der Waals surface area contributed by atoms with E-state index >= 15 is 0 Å². The van der Waals surface area contributed by atoms with Crippen LogP contribution in [0.15, 0.2) is 18.2 Å². The number of benzene rings is 1. The lowest BCUT2D eigenvalue weighted by molar-refractivity contribution is 0.180. The maximum Gasteiger partial charge on any atom is 0.130 e. The first-order valence-corrected chi connectivity index (χ1v) is 5.50. The fraction of sp³-hybridized carbons (Fsp3) is 0.500. The molecule has 1 aliphatic carbocycles. The van der Waals surface area contributed by atoms with E-state index in [2.05, 4.69) is 0 Å². The van der Waals surface area contributed by atoms with E-state index in [1.54, 1.807) is 0 Å². The average Bonchev–Trinajstić information content (AvgIpc) is 3.06. The lowest BCUT2D eigenvalue weighted by Gasteiger charge is -2.21. The molecule has 0 saturated heterocycles. The number of hydrogen-bond donors (Lipinski definition) is 1. The number of aliphatic hydroxyl groups excluding tert-OH is 1. The summed E-state index contributed by atoms with van der Waals surface area (Å²) in [6.07, 6.45) is 2.10. The number of nitrogens with zero attached hydrogens (tertiary/aromatic N) is 1. The van der Waals surface area contributed by atoms with Gasteiger partial charge in [-0.3, -0.25) is 4.90 Å². The molecule has 88 valence electrons. The van der Waals surface area contributed by atoms with Gasteiger partial charge in [0.1, 0.15) is 11.6 Å². The predicted molar refractivity (Wildman–Crippen MR) is 56.9 cm³/mol. The van der Waals surface area contributed by atoms with Gasteiger partial charge < -0.3 is 5.11 Å². The Labute approximate surface area is 93.5 Å². The zero-order valence-electron chi connectivity index (χ0n) is 9.00. The first-order chi connectivity index (χ1) is 7.72. The van der Waals surface area contributed by atoms with Gasteiger partial charge in [0, 0.05) is 24.7 Å². The number of halogens is 2. The van der Waals surface area contributed by atoms with Crippen molar-refractivity contribution in [2.24, 2.45) is 0 Å². The van der Waals surface area contributed by atoms with Crippen LogP contribution in [0.3, 0.4) is 0 Å². The van der Waals surface area contributed by atoms with Crippen LogP contribution in [0, 0.1) is 11.6 Å². The van der Waals surface area contributed by atoms with Crippen molar-refractivity contribution in [2.75, 3.05) is 13.2 Å². The molecule has 0 bridgehead atoms. The van der Waals surface area contributed by atoms with Crippen molar-refractivity contribution in [3.05, 3.63) is 35.4 Å². The Morgan fingerprint density at radius 2 is 1.88 bits per heavy atom. The van der Waals surface area contributed by atoms with Gasteiger partial charge in [-0.25, -0.2) is 8.78 Å². The fourth-order valence-electron chi connectivity index (χ4n) is 1.85. The van der Waals surface area contributed by atoms with Gasteiger partial charge in [0.2, 0.25) is 0 Å². The molecule has 1 saturated carbocycles. The first-order valence-electron chi connectivity index (χ1n) is 5.50. The zero-order valence-corrected chi connectivity index (χ0v) is 9.00. The standard InChI is InChI=1S/C12H15F2NO/c13-11-2-1-3-12(14)10(11)8-15(6-7-16)9-4-5-9/h1-3,9,16H,4-8H2.